The Hall–Kier alpha value is 0.0969. The zero-order valence-corrected chi connectivity index (χ0v) is 14.5. The minimum Gasteiger partial charge on any atom is -0.316 e. The summed E-state index contributed by atoms with van der Waals surface area (Å²) in [6, 6.07) is 0. The van der Waals surface area contributed by atoms with Crippen molar-refractivity contribution >= 4 is 9.28 Å². The van der Waals surface area contributed by atoms with Crippen molar-refractivity contribution in [3.8, 4) is 0 Å². The highest BCUT2D eigenvalue weighted by Gasteiger charge is 2.25. The maximum absolute atomic E-state index is 3.81. The number of hydrogen-bond acceptors (Lipinski definition) is 3. The van der Waals surface area contributed by atoms with Gasteiger partial charge in [-0.15, -0.1) is 0 Å². The minimum absolute atomic E-state index is 1.10. The highest BCUT2D eigenvalue weighted by atomic mass is 28.3. The van der Waals surface area contributed by atoms with Crippen LogP contribution in [0.3, 0.4) is 0 Å². The van der Waals surface area contributed by atoms with Crippen LogP contribution in [0.5, 0.6) is 0 Å². The van der Waals surface area contributed by atoms with E-state index >= 15 is 0 Å². The smallest absolute Gasteiger partial charge is 0.270 e. The Morgan fingerprint density at radius 2 is 1.00 bits per heavy atom. The molecule has 0 saturated heterocycles. The Morgan fingerprint density at radius 3 is 1.22 bits per heavy atom. The van der Waals surface area contributed by atoms with E-state index in [0.717, 1.165) is 6.54 Å². The van der Waals surface area contributed by atoms with Gasteiger partial charge < -0.3 is 14.1 Å². The lowest BCUT2D eigenvalue weighted by Crippen LogP contribution is -2.62. The molecule has 4 heteroatoms. The largest absolute Gasteiger partial charge is 0.316 e. The highest BCUT2D eigenvalue weighted by molar-refractivity contribution is 6.49. The van der Waals surface area contributed by atoms with Gasteiger partial charge in [0.05, 0.1) is 0 Å². The highest BCUT2D eigenvalue weighted by Crippen LogP contribution is 2.05. The van der Waals surface area contributed by atoms with Crippen LogP contribution < -0.4 is 4.98 Å². The van der Waals surface area contributed by atoms with Gasteiger partial charge in [0, 0.05) is 0 Å². The minimum atomic E-state index is -1.12. The third-order valence-corrected chi connectivity index (χ3v) is 6.31. The molecule has 0 fully saturated rings. The van der Waals surface area contributed by atoms with Crippen LogP contribution in [0.2, 0.25) is 0 Å². The van der Waals surface area contributed by atoms with Crippen molar-refractivity contribution in [2.45, 2.75) is 60.3 Å². The number of nitrogens with one attached hydrogen (secondary N) is 1. The van der Waals surface area contributed by atoms with E-state index in [2.05, 4.69) is 48.7 Å². The van der Waals surface area contributed by atoms with E-state index in [1.54, 1.807) is 0 Å². The van der Waals surface area contributed by atoms with Gasteiger partial charge in [0.15, 0.2) is 0 Å². The Labute approximate surface area is 117 Å². The Kier molecular flexibility index (Phi) is 12.2. The summed E-state index contributed by atoms with van der Waals surface area (Å²) in [7, 11) is -1.12. The third kappa shape index (κ3) is 6.88. The first-order chi connectivity index (χ1) is 8.74. The second-order valence-corrected chi connectivity index (χ2v) is 7.62. The third-order valence-electron chi connectivity index (χ3n) is 3.12. The zero-order valence-electron chi connectivity index (χ0n) is 13.3. The Morgan fingerprint density at radius 1 is 0.667 bits per heavy atom. The molecule has 0 atom stereocenters. The Bertz CT molecular complexity index is 150. The molecule has 0 heterocycles. The molecule has 1 N–H and O–H groups in total. The van der Waals surface area contributed by atoms with Crippen LogP contribution in [0.1, 0.15) is 60.3 Å². The molecule has 0 aliphatic rings. The second-order valence-electron chi connectivity index (χ2n) is 5.00. The molecule has 0 unspecified atom stereocenters. The van der Waals surface area contributed by atoms with E-state index in [1.165, 1.54) is 51.9 Å². The van der Waals surface area contributed by atoms with Gasteiger partial charge in [-0.1, -0.05) is 34.6 Å². The van der Waals surface area contributed by atoms with Crippen molar-refractivity contribution in [2.24, 2.45) is 0 Å². The summed E-state index contributed by atoms with van der Waals surface area (Å²) in [6.45, 7) is 17.5. The summed E-state index contributed by atoms with van der Waals surface area (Å²) >= 11 is 0. The van der Waals surface area contributed by atoms with E-state index in [9.17, 15) is 0 Å². The Balaban J connectivity index is 4.69. The predicted octanol–water partition coefficient (Wildman–Crippen LogP) is 2.56. The molecule has 0 saturated carbocycles. The zero-order chi connectivity index (χ0) is 13.8. The van der Waals surface area contributed by atoms with E-state index in [1.807, 2.05) is 0 Å². The molecule has 0 rings (SSSR count). The van der Waals surface area contributed by atoms with E-state index in [0.29, 0.717) is 0 Å². The molecular weight excluding hydrogens is 238 g/mol. The van der Waals surface area contributed by atoms with E-state index in [-0.39, 0.29) is 0 Å². The van der Waals surface area contributed by atoms with Crippen molar-refractivity contribution in [2.75, 3.05) is 32.7 Å². The SMILES string of the molecule is CCCN(CCC)[SiH](NCC)N(CCC)CCC. The monoisotopic (exact) mass is 273 g/mol. The molecule has 18 heavy (non-hydrogen) atoms. The average Bonchev–Trinajstić information content (AvgIpc) is 2.36. The van der Waals surface area contributed by atoms with Gasteiger partial charge in [0.1, 0.15) is 0 Å². The molecule has 0 aromatic heterocycles. The van der Waals surface area contributed by atoms with Gasteiger partial charge in [-0.05, 0) is 58.4 Å². The van der Waals surface area contributed by atoms with Crippen LogP contribution in [0.15, 0.2) is 0 Å². The van der Waals surface area contributed by atoms with Crippen LogP contribution in [0.25, 0.3) is 0 Å². The topological polar surface area (TPSA) is 18.5 Å². The van der Waals surface area contributed by atoms with Crippen molar-refractivity contribution in [1.29, 1.82) is 0 Å². The lowest BCUT2D eigenvalue weighted by atomic mass is 10.4. The molecule has 0 aliphatic carbocycles. The van der Waals surface area contributed by atoms with Crippen LogP contribution in [0.4, 0.5) is 0 Å². The van der Waals surface area contributed by atoms with Crippen molar-refractivity contribution < 1.29 is 0 Å². The first-order valence-corrected chi connectivity index (χ1v) is 9.57. The molecule has 0 aliphatic heterocycles. The summed E-state index contributed by atoms with van der Waals surface area (Å²) in [4.78, 5) is 3.81. The quantitative estimate of drug-likeness (QED) is 0.551. The van der Waals surface area contributed by atoms with E-state index < -0.39 is 9.28 Å². The molecule has 0 bridgehead atoms. The average molecular weight is 274 g/mol. The summed E-state index contributed by atoms with van der Waals surface area (Å²) in [5, 5.41) is 0. The first-order valence-electron chi connectivity index (χ1n) is 7.96. The molecule has 0 amide bonds. The molecule has 3 nitrogen and oxygen atoms in total. The summed E-state index contributed by atoms with van der Waals surface area (Å²) in [6.07, 6.45) is 5.06. The first kappa shape index (κ1) is 18.1. The molecule has 0 aromatic carbocycles. The fourth-order valence-electron chi connectivity index (χ4n) is 2.53. The summed E-state index contributed by atoms with van der Waals surface area (Å²) in [5.41, 5.74) is 0. The van der Waals surface area contributed by atoms with Gasteiger partial charge in [0.2, 0.25) is 0 Å². The maximum atomic E-state index is 3.81. The van der Waals surface area contributed by atoms with Gasteiger partial charge in [-0.2, -0.15) is 0 Å². The molecular formula is C14H35N3Si. The molecule has 0 radical (unpaired) electrons. The summed E-state index contributed by atoms with van der Waals surface area (Å²) < 4.78 is 5.49. The standard InChI is InChI=1S/C14H35N3Si/c1-6-11-16(12-7-2)18(15-10-5)17(13-8-3)14-9-4/h15,18H,6-14H2,1-5H3. The lowest BCUT2D eigenvalue weighted by molar-refractivity contribution is 0.328. The molecule has 0 spiro atoms. The van der Waals surface area contributed by atoms with Crippen LogP contribution in [0, 0.1) is 0 Å². The number of nitrogens with zero attached hydrogens (tertiary/aromatic N) is 2. The second kappa shape index (κ2) is 12.1. The van der Waals surface area contributed by atoms with Gasteiger partial charge >= 0.3 is 0 Å². The van der Waals surface area contributed by atoms with Crippen molar-refractivity contribution in [3.05, 3.63) is 0 Å². The number of hydrogen-bond donors (Lipinski definition) is 1. The van der Waals surface area contributed by atoms with Gasteiger partial charge in [-0.3, -0.25) is 0 Å². The molecule has 110 valence electrons. The van der Waals surface area contributed by atoms with Crippen LogP contribution in [-0.4, -0.2) is 51.1 Å². The lowest BCUT2D eigenvalue weighted by Gasteiger charge is -2.38. The van der Waals surface area contributed by atoms with Crippen LogP contribution >= 0.6 is 0 Å². The molecule has 0 aromatic rings. The van der Waals surface area contributed by atoms with Crippen molar-refractivity contribution in [3.63, 3.8) is 0 Å². The normalized spacial score (nSPS) is 12.0. The predicted molar refractivity (Wildman–Crippen MR) is 85.1 cm³/mol. The van der Waals surface area contributed by atoms with Crippen molar-refractivity contribution in [1.82, 2.24) is 14.1 Å². The van der Waals surface area contributed by atoms with Crippen LogP contribution in [-0.2, 0) is 0 Å². The van der Waals surface area contributed by atoms with Gasteiger partial charge in [0.25, 0.3) is 9.28 Å². The van der Waals surface area contributed by atoms with E-state index in [4.69, 9.17) is 0 Å². The summed E-state index contributed by atoms with van der Waals surface area (Å²) in [5.74, 6) is 0. The maximum Gasteiger partial charge on any atom is 0.270 e. The fraction of sp³-hybridized carbons (Fsp3) is 1.00. The number of rotatable bonds is 12. The fourth-order valence-corrected chi connectivity index (χ4v) is 5.89. The van der Waals surface area contributed by atoms with Gasteiger partial charge in [-0.25, -0.2) is 0 Å².